The molecule has 7 nitrogen and oxygen atoms in total. The standard InChI is InChI=1S/C15H26N4O3S2.HI/c1-4-16-14(18-10-13-17-9-12(2)23-13)19-11-15(24(3,20)21)5-7-22-8-6-15;/h9H,4-8,10-11H2,1-3H3,(H2,16,18,19);1H. The van der Waals surface area contributed by atoms with Crippen LogP contribution >= 0.6 is 35.3 Å². The second-order valence-corrected chi connectivity index (χ2v) is 9.71. The Morgan fingerprint density at radius 2 is 2.08 bits per heavy atom. The van der Waals surface area contributed by atoms with Gasteiger partial charge in [0.15, 0.2) is 15.8 Å². The number of hydrogen-bond acceptors (Lipinski definition) is 6. The van der Waals surface area contributed by atoms with Crippen molar-refractivity contribution in [2.75, 3.05) is 32.6 Å². The molecule has 2 heterocycles. The smallest absolute Gasteiger partial charge is 0.191 e. The van der Waals surface area contributed by atoms with Crippen molar-refractivity contribution in [3.63, 3.8) is 0 Å². The molecule has 0 bridgehead atoms. The van der Waals surface area contributed by atoms with Crippen molar-refractivity contribution >= 4 is 51.1 Å². The van der Waals surface area contributed by atoms with Crippen molar-refractivity contribution in [2.24, 2.45) is 4.99 Å². The molecular formula is C15H27IN4O3S2. The van der Waals surface area contributed by atoms with E-state index in [4.69, 9.17) is 4.74 Å². The number of nitrogens with zero attached hydrogens (tertiary/aromatic N) is 2. The van der Waals surface area contributed by atoms with Gasteiger partial charge in [0.1, 0.15) is 5.01 Å². The number of halogens is 1. The lowest BCUT2D eigenvalue weighted by molar-refractivity contribution is 0.0756. The van der Waals surface area contributed by atoms with Crippen LogP contribution in [0.3, 0.4) is 0 Å². The number of guanidine groups is 1. The minimum Gasteiger partial charge on any atom is -0.381 e. The summed E-state index contributed by atoms with van der Waals surface area (Å²) in [6, 6.07) is 0. The van der Waals surface area contributed by atoms with Crippen molar-refractivity contribution in [1.29, 1.82) is 0 Å². The molecule has 1 aliphatic rings. The van der Waals surface area contributed by atoms with Crippen molar-refractivity contribution in [2.45, 2.75) is 38.0 Å². The van der Waals surface area contributed by atoms with Crippen LogP contribution in [0.4, 0.5) is 0 Å². The van der Waals surface area contributed by atoms with Crippen LogP contribution in [-0.4, -0.2) is 56.7 Å². The Labute approximate surface area is 171 Å². The lowest BCUT2D eigenvalue weighted by Crippen LogP contribution is -2.53. The lowest BCUT2D eigenvalue weighted by atomic mass is 9.99. The van der Waals surface area contributed by atoms with Gasteiger partial charge >= 0.3 is 0 Å². The molecule has 2 N–H and O–H groups in total. The first-order valence-corrected chi connectivity index (χ1v) is 10.8. The number of nitrogens with one attached hydrogen (secondary N) is 2. The Hall–Kier alpha value is -0.460. The molecule has 0 unspecified atom stereocenters. The normalized spacial score (nSPS) is 17.6. The highest BCUT2D eigenvalue weighted by molar-refractivity contribution is 14.0. The van der Waals surface area contributed by atoms with Gasteiger partial charge in [0, 0.05) is 43.6 Å². The minimum atomic E-state index is -3.20. The maximum Gasteiger partial charge on any atom is 0.191 e. The number of hydrogen-bond donors (Lipinski definition) is 2. The molecule has 0 spiro atoms. The summed E-state index contributed by atoms with van der Waals surface area (Å²) in [6.07, 6.45) is 4.15. The quantitative estimate of drug-likeness (QED) is 0.350. The van der Waals surface area contributed by atoms with Gasteiger partial charge in [0.2, 0.25) is 0 Å². The van der Waals surface area contributed by atoms with Gasteiger partial charge in [-0.1, -0.05) is 0 Å². The van der Waals surface area contributed by atoms with Crippen LogP contribution in [0, 0.1) is 6.92 Å². The Bertz CT molecular complexity index is 670. The predicted octanol–water partition coefficient (Wildman–Crippen LogP) is 1.72. The van der Waals surface area contributed by atoms with Gasteiger partial charge in [-0.05, 0) is 26.7 Å². The molecule has 0 amide bonds. The highest BCUT2D eigenvalue weighted by Crippen LogP contribution is 2.28. The van der Waals surface area contributed by atoms with E-state index in [1.165, 1.54) is 6.26 Å². The van der Waals surface area contributed by atoms with E-state index in [2.05, 4.69) is 20.6 Å². The van der Waals surface area contributed by atoms with Gasteiger partial charge < -0.3 is 15.4 Å². The summed E-state index contributed by atoms with van der Waals surface area (Å²) in [6.45, 7) is 6.45. The van der Waals surface area contributed by atoms with E-state index in [1.807, 2.05) is 20.0 Å². The summed E-state index contributed by atoms with van der Waals surface area (Å²) in [4.78, 5) is 9.95. The molecule has 1 aromatic heterocycles. The molecule has 10 heteroatoms. The molecule has 1 aromatic rings. The number of aromatic nitrogens is 1. The largest absolute Gasteiger partial charge is 0.381 e. The fourth-order valence-electron chi connectivity index (χ4n) is 2.63. The highest BCUT2D eigenvalue weighted by atomic mass is 127. The SMILES string of the molecule is CCNC(=NCc1ncc(C)s1)NCC1(S(C)(=O)=O)CCOCC1.I. The fourth-order valence-corrected chi connectivity index (χ4v) is 4.58. The summed E-state index contributed by atoms with van der Waals surface area (Å²) in [5.74, 6) is 0.611. The first-order chi connectivity index (χ1) is 11.4. The zero-order valence-electron chi connectivity index (χ0n) is 14.9. The number of rotatable bonds is 6. The van der Waals surface area contributed by atoms with E-state index in [0.29, 0.717) is 51.6 Å². The third-order valence-corrected chi connectivity index (χ3v) is 7.18. The number of aliphatic imine (C=N–C) groups is 1. The zero-order valence-corrected chi connectivity index (χ0v) is 18.8. The summed E-state index contributed by atoms with van der Waals surface area (Å²) < 4.78 is 29.1. The van der Waals surface area contributed by atoms with Crippen LogP contribution in [-0.2, 0) is 21.1 Å². The van der Waals surface area contributed by atoms with Crippen LogP contribution in [0.5, 0.6) is 0 Å². The van der Waals surface area contributed by atoms with Gasteiger partial charge in [-0.3, -0.25) is 0 Å². The predicted molar refractivity (Wildman–Crippen MR) is 113 cm³/mol. The average Bonchev–Trinajstić information content (AvgIpc) is 2.95. The van der Waals surface area contributed by atoms with Gasteiger partial charge in [0.05, 0.1) is 11.3 Å². The van der Waals surface area contributed by atoms with E-state index >= 15 is 0 Å². The zero-order chi connectivity index (χ0) is 17.6. The molecule has 0 saturated carbocycles. The first kappa shape index (κ1) is 22.6. The number of thiazole rings is 1. The minimum absolute atomic E-state index is 0. The van der Waals surface area contributed by atoms with Crippen LogP contribution in [0.1, 0.15) is 29.7 Å². The number of ether oxygens (including phenoxy) is 1. The second kappa shape index (κ2) is 10.0. The molecule has 1 fully saturated rings. The van der Waals surface area contributed by atoms with Crippen molar-refractivity contribution in [1.82, 2.24) is 15.6 Å². The Morgan fingerprint density at radius 1 is 1.40 bits per heavy atom. The monoisotopic (exact) mass is 502 g/mol. The van der Waals surface area contributed by atoms with Gasteiger partial charge in [0.25, 0.3) is 0 Å². The van der Waals surface area contributed by atoms with Gasteiger partial charge in [-0.25, -0.2) is 18.4 Å². The molecule has 0 radical (unpaired) electrons. The topological polar surface area (TPSA) is 92.7 Å². The summed E-state index contributed by atoms with van der Waals surface area (Å²) >= 11 is 1.61. The molecule has 2 rings (SSSR count). The van der Waals surface area contributed by atoms with E-state index < -0.39 is 14.6 Å². The van der Waals surface area contributed by atoms with Gasteiger partial charge in [-0.15, -0.1) is 35.3 Å². The van der Waals surface area contributed by atoms with Crippen molar-refractivity contribution in [3.8, 4) is 0 Å². The summed E-state index contributed by atoms with van der Waals surface area (Å²) in [5, 5.41) is 7.29. The number of sulfone groups is 1. The van der Waals surface area contributed by atoms with Crippen molar-refractivity contribution in [3.05, 3.63) is 16.1 Å². The van der Waals surface area contributed by atoms with Crippen LogP contribution in [0.15, 0.2) is 11.2 Å². The Morgan fingerprint density at radius 3 is 2.60 bits per heavy atom. The molecule has 1 saturated heterocycles. The third kappa shape index (κ3) is 6.33. The van der Waals surface area contributed by atoms with E-state index in [1.54, 1.807) is 11.3 Å². The average molecular weight is 502 g/mol. The lowest BCUT2D eigenvalue weighted by Gasteiger charge is -2.35. The van der Waals surface area contributed by atoms with E-state index in [0.717, 1.165) is 9.88 Å². The highest BCUT2D eigenvalue weighted by Gasteiger charge is 2.42. The molecule has 0 aliphatic carbocycles. The number of aryl methyl sites for hydroxylation is 1. The molecule has 25 heavy (non-hydrogen) atoms. The molecular weight excluding hydrogens is 475 g/mol. The second-order valence-electron chi connectivity index (χ2n) is 5.98. The van der Waals surface area contributed by atoms with Crippen LogP contribution < -0.4 is 10.6 Å². The fraction of sp³-hybridized carbons (Fsp3) is 0.733. The Balaban J connectivity index is 0.00000312. The summed E-state index contributed by atoms with van der Waals surface area (Å²) in [7, 11) is -3.20. The van der Waals surface area contributed by atoms with Crippen molar-refractivity contribution < 1.29 is 13.2 Å². The molecule has 144 valence electrons. The van der Waals surface area contributed by atoms with Crippen LogP contribution in [0.25, 0.3) is 0 Å². The maximum absolute atomic E-state index is 12.3. The summed E-state index contributed by atoms with van der Waals surface area (Å²) in [5.41, 5.74) is 0. The molecule has 0 aromatic carbocycles. The van der Waals surface area contributed by atoms with E-state index in [-0.39, 0.29) is 24.0 Å². The van der Waals surface area contributed by atoms with Crippen LogP contribution in [0.2, 0.25) is 0 Å². The first-order valence-electron chi connectivity index (χ1n) is 8.07. The third-order valence-electron chi connectivity index (χ3n) is 4.15. The molecule has 1 aliphatic heterocycles. The van der Waals surface area contributed by atoms with Gasteiger partial charge in [-0.2, -0.15) is 0 Å². The Kier molecular flexibility index (Phi) is 9.05. The molecule has 0 atom stereocenters. The maximum atomic E-state index is 12.3. The van der Waals surface area contributed by atoms with E-state index in [9.17, 15) is 8.42 Å².